The van der Waals surface area contributed by atoms with Gasteiger partial charge in [-0.25, -0.2) is 13.4 Å². The van der Waals surface area contributed by atoms with E-state index in [4.69, 9.17) is 21.1 Å². The Morgan fingerprint density at radius 1 is 1.14 bits per heavy atom. The fourth-order valence-electron chi connectivity index (χ4n) is 1.67. The van der Waals surface area contributed by atoms with Crippen molar-refractivity contribution in [2.75, 3.05) is 18.9 Å². The summed E-state index contributed by atoms with van der Waals surface area (Å²) in [5.41, 5.74) is 0.313. The van der Waals surface area contributed by atoms with Crippen molar-refractivity contribution in [3.63, 3.8) is 0 Å². The normalized spacial score (nSPS) is 11.0. The van der Waals surface area contributed by atoms with Gasteiger partial charge in [-0.2, -0.15) is 0 Å². The highest BCUT2D eigenvalue weighted by molar-refractivity contribution is 7.92. The zero-order valence-corrected chi connectivity index (χ0v) is 12.9. The Labute approximate surface area is 127 Å². The molecule has 0 aliphatic carbocycles. The number of ether oxygens (including phenoxy) is 2. The molecule has 112 valence electrons. The Morgan fingerprint density at radius 2 is 1.90 bits per heavy atom. The number of rotatable bonds is 5. The Kier molecular flexibility index (Phi) is 4.54. The fourth-order valence-corrected chi connectivity index (χ4v) is 3.05. The highest BCUT2D eigenvalue weighted by Crippen LogP contribution is 2.29. The molecular weight excluding hydrogens is 316 g/mol. The number of halogens is 1. The number of nitrogens with zero attached hydrogens (tertiary/aromatic N) is 1. The Morgan fingerprint density at radius 3 is 2.52 bits per heavy atom. The molecule has 0 saturated heterocycles. The summed E-state index contributed by atoms with van der Waals surface area (Å²) in [4.78, 5) is 3.79. The molecule has 21 heavy (non-hydrogen) atoms. The minimum Gasteiger partial charge on any atom is -0.497 e. The van der Waals surface area contributed by atoms with Crippen LogP contribution >= 0.6 is 11.6 Å². The van der Waals surface area contributed by atoms with Crippen LogP contribution in [0.1, 0.15) is 0 Å². The van der Waals surface area contributed by atoms with Crippen LogP contribution in [0.3, 0.4) is 0 Å². The van der Waals surface area contributed by atoms with Gasteiger partial charge in [-0.3, -0.25) is 4.72 Å². The summed E-state index contributed by atoms with van der Waals surface area (Å²) in [6.07, 6.45) is 1.41. The number of methoxy groups -OCH3 is 2. The summed E-state index contributed by atoms with van der Waals surface area (Å²) in [7, 11) is -0.943. The van der Waals surface area contributed by atoms with Crippen molar-refractivity contribution in [1.29, 1.82) is 0 Å². The molecule has 0 fully saturated rings. The first-order valence-electron chi connectivity index (χ1n) is 5.82. The number of pyridine rings is 1. The van der Waals surface area contributed by atoms with E-state index in [1.165, 1.54) is 50.7 Å². The van der Waals surface area contributed by atoms with Crippen LogP contribution in [-0.2, 0) is 10.0 Å². The van der Waals surface area contributed by atoms with Crippen molar-refractivity contribution >= 4 is 27.3 Å². The van der Waals surface area contributed by atoms with Gasteiger partial charge in [0, 0.05) is 12.3 Å². The van der Waals surface area contributed by atoms with Gasteiger partial charge >= 0.3 is 0 Å². The van der Waals surface area contributed by atoms with Crippen molar-refractivity contribution in [1.82, 2.24) is 4.98 Å². The van der Waals surface area contributed by atoms with Crippen LogP contribution in [-0.4, -0.2) is 27.6 Å². The smallest absolute Gasteiger partial charge is 0.265 e. The van der Waals surface area contributed by atoms with Gasteiger partial charge in [0.15, 0.2) is 0 Å². The van der Waals surface area contributed by atoms with Crippen molar-refractivity contribution < 1.29 is 17.9 Å². The molecule has 1 heterocycles. The van der Waals surface area contributed by atoms with Crippen molar-refractivity contribution in [3.05, 3.63) is 41.7 Å². The van der Waals surface area contributed by atoms with Crippen LogP contribution in [0.25, 0.3) is 0 Å². The van der Waals surface area contributed by atoms with E-state index in [0.29, 0.717) is 11.4 Å². The van der Waals surface area contributed by atoms with Gasteiger partial charge in [0.25, 0.3) is 10.0 Å². The second-order valence-electron chi connectivity index (χ2n) is 3.99. The highest BCUT2D eigenvalue weighted by atomic mass is 35.5. The third-order valence-corrected chi connectivity index (χ3v) is 4.27. The van der Waals surface area contributed by atoms with Gasteiger partial charge in [-0.1, -0.05) is 11.6 Å². The lowest BCUT2D eigenvalue weighted by Gasteiger charge is -2.12. The van der Waals surface area contributed by atoms with E-state index >= 15 is 0 Å². The minimum absolute atomic E-state index is 0.00117. The third kappa shape index (κ3) is 3.56. The van der Waals surface area contributed by atoms with Crippen molar-refractivity contribution in [2.24, 2.45) is 0 Å². The molecule has 0 bridgehead atoms. The lowest BCUT2D eigenvalue weighted by molar-refractivity contribution is 0.386. The maximum atomic E-state index is 12.4. The molecule has 0 saturated carbocycles. The standard InChI is InChI=1S/C13H13ClN2O4S/c1-19-10-3-4-12(11(8-10)20-2)21(17,18)16-9-5-6-15-13(14)7-9/h3-8H,1-2H3,(H,15,16). The van der Waals surface area contributed by atoms with Gasteiger partial charge < -0.3 is 9.47 Å². The predicted octanol–water partition coefficient (Wildman–Crippen LogP) is 2.55. The molecule has 0 aliphatic heterocycles. The topological polar surface area (TPSA) is 77.5 Å². The number of hydrogen-bond acceptors (Lipinski definition) is 5. The van der Waals surface area contributed by atoms with Gasteiger partial charge in [-0.15, -0.1) is 0 Å². The maximum absolute atomic E-state index is 12.4. The van der Waals surface area contributed by atoms with E-state index in [0.717, 1.165) is 0 Å². The molecule has 1 N–H and O–H groups in total. The average molecular weight is 329 g/mol. The van der Waals surface area contributed by atoms with E-state index in [9.17, 15) is 8.42 Å². The predicted molar refractivity (Wildman–Crippen MR) is 79.6 cm³/mol. The number of aromatic nitrogens is 1. The largest absolute Gasteiger partial charge is 0.497 e. The van der Waals surface area contributed by atoms with Crippen LogP contribution < -0.4 is 14.2 Å². The highest BCUT2D eigenvalue weighted by Gasteiger charge is 2.20. The molecule has 1 aromatic heterocycles. The summed E-state index contributed by atoms with van der Waals surface area (Å²) in [5.74, 6) is 0.680. The first-order chi connectivity index (χ1) is 9.96. The fraction of sp³-hybridized carbons (Fsp3) is 0.154. The summed E-state index contributed by atoms with van der Waals surface area (Å²) in [5, 5.41) is 0.192. The SMILES string of the molecule is COc1ccc(S(=O)(=O)Nc2ccnc(Cl)c2)c(OC)c1. The lowest BCUT2D eigenvalue weighted by atomic mass is 10.3. The summed E-state index contributed by atoms with van der Waals surface area (Å²) >= 11 is 5.73. The molecule has 6 nitrogen and oxygen atoms in total. The minimum atomic E-state index is -3.81. The maximum Gasteiger partial charge on any atom is 0.265 e. The molecular formula is C13H13ClN2O4S. The quantitative estimate of drug-likeness (QED) is 0.853. The first kappa shape index (κ1) is 15.4. The zero-order chi connectivity index (χ0) is 15.5. The zero-order valence-electron chi connectivity index (χ0n) is 11.3. The van der Waals surface area contributed by atoms with Crippen LogP contribution in [0.2, 0.25) is 5.15 Å². The molecule has 2 rings (SSSR count). The van der Waals surface area contributed by atoms with E-state index in [1.54, 1.807) is 0 Å². The molecule has 0 unspecified atom stereocenters. The molecule has 8 heteroatoms. The van der Waals surface area contributed by atoms with E-state index < -0.39 is 10.0 Å². The molecule has 0 spiro atoms. The molecule has 1 aromatic carbocycles. The molecule has 0 aliphatic rings. The van der Waals surface area contributed by atoms with E-state index in [2.05, 4.69) is 9.71 Å². The van der Waals surface area contributed by atoms with Crippen molar-refractivity contribution in [2.45, 2.75) is 4.90 Å². The number of anilines is 1. The lowest BCUT2D eigenvalue weighted by Crippen LogP contribution is -2.14. The number of hydrogen-bond donors (Lipinski definition) is 1. The Balaban J connectivity index is 2.40. The second kappa shape index (κ2) is 6.19. The first-order valence-corrected chi connectivity index (χ1v) is 7.69. The van der Waals surface area contributed by atoms with E-state index in [1.807, 2.05) is 0 Å². The Bertz CT molecular complexity index is 750. The van der Waals surface area contributed by atoms with Gasteiger partial charge in [0.1, 0.15) is 21.5 Å². The van der Waals surface area contributed by atoms with Crippen molar-refractivity contribution in [3.8, 4) is 11.5 Å². The summed E-state index contributed by atoms with van der Waals surface area (Å²) in [6.45, 7) is 0. The van der Waals surface area contributed by atoms with Gasteiger partial charge in [0.05, 0.1) is 19.9 Å². The van der Waals surface area contributed by atoms with Crippen LogP contribution in [0.4, 0.5) is 5.69 Å². The monoisotopic (exact) mass is 328 g/mol. The summed E-state index contributed by atoms with van der Waals surface area (Å²) < 4.78 is 37.3. The molecule has 0 radical (unpaired) electrons. The van der Waals surface area contributed by atoms with Crippen LogP contribution in [0, 0.1) is 0 Å². The number of benzene rings is 1. The molecule has 2 aromatic rings. The molecule has 0 atom stereocenters. The van der Waals surface area contributed by atoms with Gasteiger partial charge in [0.2, 0.25) is 0 Å². The Hall–Kier alpha value is -1.99. The third-order valence-electron chi connectivity index (χ3n) is 2.64. The number of nitrogens with one attached hydrogen (secondary N) is 1. The van der Waals surface area contributed by atoms with Gasteiger partial charge in [-0.05, 0) is 24.3 Å². The second-order valence-corrected chi connectivity index (χ2v) is 6.03. The van der Waals surface area contributed by atoms with E-state index in [-0.39, 0.29) is 15.8 Å². The van der Waals surface area contributed by atoms with Crippen LogP contribution in [0.5, 0.6) is 11.5 Å². The van der Waals surface area contributed by atoms with Crippen LogP contribution in [0.15, 0.2) is 41.4 Å². The molecule has 0 amide bonds. The number of sulfonamides is 1. The summed E-state index contributed by atoms with van der Waals surface area (Å²) in [6, 6.07) is 7.35. The average Bonchev–Trinajstić information content (AvgIpc) is 2.46.